The molecule has 1 aromatic heterocycles. The monoisotopic (exact) mass is 287 g/mol. The number of hydrogen-bond acceptors (Lipinski definition) is 4. The Bertz CT molecular complexity index is 602. The molecule has 2 atom stereocenters. The van der Waals surface area contributed by atoms with Gasteiger partial charge in [0.05, 0.1) is 24.1 Å². The van der Waals surface area contributed by atoms with Gasteiger partial charge >= 0.3 is 0 Å². The van der Waals surface area contributed by atoms with Crippen LogP contribution in [0, 0.1) is 31.6 Å². The highest BCUT2D eigenvalue weighted by atomic mass is 16.2. The van der Waals surface area contributed by atoms with E-state index in [1.165, 1.54) is 4.90 Å². The summed E-state index contributed by atoms with van der Waals surface area (Å²) in [6.07, 6.45) is 3.36. The standard InChI is InChI=1S/C16H21N3O2/c1-8-4-11-12(5-8)16(21)19(15(11)20)7-13-10(3)14(17)9(2)6-18-13/h6,8,11-12H,4-5,7H2,1-3H3,(H2,17,18). The fraction of sp³-hybridized carbons (Fsp3) is 0.562. The summed E-state index contributed by atoms with van der Waals surface area (Å²) in [4.78, 5) is 30.6. The van der Waals surface area contributed by atoms with Crippen molar-refractivity contribution in [2.45, 2.75) is 40.2 Å². The van der Waals surface area contributed by atoms with E-state index in [-0.39, 0.29) is 30.2 Å². The van der Waals surface area contributed by atoms with Gasteiger partial charge in [-0.05, 0) is 43.7 Å². The molecule has 2 fully saturated rings. The van der Waals surface area contributed by atoms with Crippen LogP contribution in [-0.4, -0.2) is 21.7 Å². The zero-order valence-corrected chi connectivity index (χ0v) is 12.7. The van der Waals surface area contributed by atoms with Crippen molar-refractivity contribution in [1.82, 2.24) is 9.88 Å². The number of carbonyl (C=O) groups excluding carboxylic acids is 2. The summed E-state index contributed by atoms with van der Waals surface area (Å²) >= 11 is 0. The maximum atomic E-state index is 12.5. The van der Waals surface area contributed by atoms with E-state index in [9.17, 15) is 9.59 Å². The Morgan fingerprint density at radius 2 is 1.81 bits per heavy atom. The van der Waals surface area contributed by atoms with Crippen LogP contribution in [0.1, 0.15) is 36.6 Å². The summed E-state index contributed by atoms with van der Waals surface area (Å²) in [6.45, 7) is 6.14. The summed E-state index contributed by atoms with van der Waals surface area (Å²) in [5.74, 6) is 0.167. The Morgan fingerprint density at radius 3 is 2.38 bits per heavy atom. The molecule has 1 aliphatic heterocycles. The highest BCUT2D eigenvalue weighted by molar-refractivity contribution is 6.05. The van der Waals surface area contributed by atoms with Crippen molar-refractivity contribution in [1.29, 1.82) is 0 Å². The fourth-order valence-electron chi connectivity index (χ4n) is 3.60. The van der Waals surface area contributed by atoms with Gasteiger partial charge in [0.1, 0.15) is 0 Å². The van der Waals surface area contributed by atoms with Gasteiger partial charge in [0, 0.05) is 11.9 Å². The van der Waals surface area contributed by atoms with Gasteiger partial charge in [-0.1, -0.05) is 6.92 Å². The second-order valence-electron chi connectivity index (χ2n) is 6.48. The summed E-state index contributed by atoms with van der Waals surface area (Å²) in [7, 11) is 0. The third-order valence-electron chi connectivity index (χ3n) is 4.95. The lowest BCUT2D eigenvalue weighted by Gasteiger charge is -2.18. The van der Waals surface area contributed by atoms with Crippen LogP contribution in [0.3, 0.4) is 0 Å². The van der Waals surface area contributed by atoms with E-state index in [0.29, 0.717) is 17.3 Å². The Morgan fingerprint density at radius 1 is 1.24 bits per heavy atom. The van der Waals surface area contributed by atoms with Gasteiger partial charge in [0.25, 0.3) is 0 Å². The molecule has 2 aliphatic rings. The number of hydrogen-bond donors (Lipinski definition) is 1. The topological polar surface area (TPSA) is 76.3 Å². The minimum Gasteiger partial charge on any atom is -0.398 e. The highest BCUT2D eigenvalue weighted by Gasteiger charge is 2.51. The summed E-state index contributed by atoms with van der Waals surface area (Å²) < 4.78 is 0. The SMILES string of the molecule is Cc1cnc(CN2C(=O)C3CC(C)CC3C2=O)c(C)c1N. The lowest BCUT2D eigenvalue weighted by atomic mass is 10.00. The summed E-state index contributed by atoms with van der Waals surface area (Å²) in [5.41, 5.74) is 9.19. The number of aromatic nitrogens is 1. The molecule has 1 saturated carbocycles. The van der Waals surface area contributed by atoms with Gasteiger partial charge in [-0.25, -0.2) is 0 Å². The molecular formula is C16H21N3O2. The predicted octanol–water partition coefficient (Wildman–Crippen LogP) is 1.81. The van der Waals surface area contributed by atoms with Gasteiger partial charge < -0.3 is 5.73 Å². The Kier molecular flexibility index (Phi) is 3.23. The Labute approximate surface area is 124 Å². The van der Waals surface area contributed by atoms with Crippen molar-refractivity contribution in [3.8, 4) is 0 Å². The number of rotatable bonds is 2. The number of aryl methyl sites for hydroxylation is 1. The van der Waals surface area contributed by atoms with E-state index in [1.807, 2.05) is 13.8 Å². The van der Waals surface area contributed by atoms with Crippen molar-refractivity contribution < 1.29 is 9.59 Å². The maximum Gasteiger partial charge on any atom is 0.233 e. The van der Waals surface area contributed by atoms with Crippen LogP contribution in [0.15, 0.2) is 6.20 Å². The van der Waals surface area contributed by atoms with Gasteiger partial charge in [-0.15, -0.1) is 0 Å². The first-order chi connectivity index (χ1) is 9.90. The van der Waals surface area contributed by atoms with Crippen LogP contribution in [0.2, 0.25) is 0 Å². The van der Waals surface area contributed by atoms with Crippen LogP contribution in [0.5, 0.6) is 0 Å². The zero-order chi connectivity index (χ0) is 15.3. The number of imide groups is 1. The van der Waals surface area contributed by atoms with Crippen molar-refractivity contribution in [2.75, 3.05) is 5.73 Å². The molecule has 0 spiro atoms. The number of amides is 2. The van der Waals surface area contributed by atoms with Crippen LogP contribution >= 0.6 is 0 Å². The van der Waals surface area contributed by atoms with E-state index >= 15 is 0 Å². The van der Waals surface area contributed by atoms with Crippen molar-refractivity contribution in [2.24, 2.45) is 17.8 Å². The normalized spacial score (nSPS) is 28.3. The molecule has 2 unspecified atom stereocenters. The molecule has 5 heteroatoms. The van der Waals surface area contributed by atoms with E-state index in [2.05, 4.69) is 11.9 Å². The first-order valence-corrected chi connectivity index (χ1v) is 7.46. The quantitative estimate of drug-likeness (QED) is 0.842. The van der Waals surface area contributed by atoms with Crippen molar-refractivity contribution >= 4 is 17.5 Å². The second kappa shape index (κ2) is 4.83. The molecule has 0 aromatic carbocycles. The van der Waals surface area contributed by atoms with Gasteiger partial charge in [-0.3, -0.25) is 19.5 Å². The average molecular weight is 287 g/mol. The first-order valence-electron chi connectivity index (χ1n) is 7.46. The molecule has 1 saturated heterocycles. The largest absolute Gasteiger partial charge is 0.398 e. The van der Waals surface area contributed by atoms with Gasteiger partial charge in [-0.2, -0.15) is 0 Å². The average Bonchev–Trinajstić information content (AvgIpc) is 2.92. The number of carbonyl (C=O) groups is 2. The lowest BCUT2D eigenvalue weighted by molar-refractivity contribution is -0.141. The molecule has 2 N–H and O–H groups in total. The van der Waals surface area contributed by atoms with Crippen molar-refractivity contribution in [3.05, 3.63) is 23.0 Å². The smallest absolute Gasteiger partial charge is 0.233 e. The molecule has 3 rings (SSSR count). The van der Waals surface area contributed by atoms with Gasteiger partial charge in [0.15, 0.2) is 0 Å². The molecule has 5 nitrogen and oxygen atoms in total. The number of likely N-dealkylation sites (tertiary alicyclic amines) is 1. The molecule has 0 radical (unpaired) electrons. The zero-order valence-electron chi connectivity index (χ0n) is 12.7. The minimum absolute atomic E-state index is 0.0327. The van der Waals surface area contributed by atoms with Crippen LogP contribution in [0.4, 0.5) is 5.69 Å². The fourth-order valence-corrected chi connectivity index (χ4v) is 3.60. The van der Waals surface area contributed by atoms with Crippen LogP contribution in [-0.2, 0) is 16.1 Å². The number of nitrogens with zero attached hydrogens (tertiary/aromatic N) is 2. The number of anilines is 1. The summed E-state index contributed by atoms with van der Waals surface area (Å²) in [5, 5.41) is 0. The third-order valence-corrected chi connectivity index (χ3v) is 4.95. The number of pyridine rings is 1. The number of nitrogen functional groups attached to an aromatic ring is 1. The Hall–Kier alpha value is -1.91. The molecule has 21 heavy (non-hydrogen) atoms. The molecule has 1 aromatic rings. The van der Waals surface area contributed by atoms with E-state index < -0.39 is 0 Å². The lowest BCUT2D eigenvalue weighted by Crippen LogP contribution is -2.32. The predicted molar refractivity (Wildman–Crippen MR) is 79.1 cm³/mol. The molecule has 112 valence electrons. The highest BCUT2D eigenvalue weighted by Crippen LogP contribution is 2.43. The molecular weight excluding hydrogens is 266 g/mol. The van der Waals surface area contributed by atoms with E-state index in [4.69, 9.17) is 5.73 Å². The van der Waals surface area contributed by atoms with Crippen molar-refractivity contribution in [3.63, 3.8) is 0 Å². The second-order valence-corrected chi connectivity index (χ2v) is 6.48. The third kappa shape index (κ3) is 2.11. The van der Waals surface area contributed by atoms with E-state index in [0.717, 1.165) is 24.0 Å². The first kappa shape index (κ1) is 14.0. The molecule has 1 aliphatic carbocycles. The minimum atomic E-state index is -0.115. The van der Waals surface area contributed by atoms with Gasteiger partial charge in [0.2, 0.25) is 11.8 Å². The van der Waals surface area contributed by atoms with Crippen LogP contribution in [0.25, 0.3) is 0 Å². The summed E-state index contributed by atoms with van der Waals surface area (Å²) in [6, 6.07) is 0. The molecule has 2 amide bonds. The molecule has 0 bridgehead atoms. The maximum absolute atomic E-state index is 12.5. The van der Waals surface area contributed by atoms with Crippen LogP contribution < -0.4 is 5.73 Å². The Balaban J connectivity index is 1.85. The number of nitrogens with two attached hydrogens (primary N) is 1. The number of fused-ring (bicyclic) bond motifs is 1. The molecule has 2 heterocycles. The van der Waals surface area contributed by atoms with E-state index in [1.54, 1.807) is 6.20 Å².